The number of hydrogen-bond donors (Lipinski definition) is 1. The average Bonchev–Trinajstić information content (AvgIpc) is 2.60. The molecule has 2 aliphatic carbocycles. The van der Waals surface area contributed by atoms with Crippen LogP contribution in [-0.2, 0) is 0 Å². The van der Waals surface area contributed by atoms with E-state index in [0.717, 1.165) is 6.42 Å². The number of unbranched alkanes of at least 4 members (excludes halogenated alkanes) is 3. The highest BCUT2D eigenvalue weighted by molar-refractivity contribution is 5.39. The molecule has 86 valence electrons. The molecule has 0 bridgehead atoms. The first-order chi connectivity index (χ1) is 7.23. The van der Waals surface area contributed by atoms with Crippen molar-refractivity contribution in [2.24, 2.45) is 11.3 Å². The molecule has 15 heavy (non-hydrogen) atoms. The molecule has 1 N–H and O–H groups in total. The van der Waals surface area contributed by atoms with E-state index >= 15 is 0 Å². The van der Waals surface area contributed by atoms with E-state index in [9.17, 15) is 5.11 Å². The van der Waals surface area contributed by atoms with Gasteiger partial charge in [-0.2, -0.15) is 0 Å². The Hall–Kier alpha value is -0.300. The lowest BCUT2D eigenvalue weighted by Crippen LogP contribution is -2.16. The van der Waals surface area contributed by atoms with Crippen molar-refractivity contribution in [3.8, 4) is 0 Å². The summed E-state index contributed by atoms with van der Waals surface area (Å²) in [7, 11) is 0. The molecule has 0 saturated heterocycles. The lowest BCUT2D eigenvalue weighted by molar-refractivity contribution is 0.114. The van der Waals surface area contributed by atoms with Crippen molar-refractivity contribution in [2.45, 2.75) is 64.4 Å². The Labute approximate surface area is 93.6 Å². The monoisotopic (exact) mass is 208 g/mol. The normalized spacial score (nSPS) is 38.9. The zero-order valence-electron chi connectivity index (χ0n) is 9.97. The van der Waals surface area contributed by atoms with E-state index in [-0.39, 0.29) is 11.5 Å². The van der Waals surface area contributed by atoms with E-state index in [1.54, 1.807) is 0 Å². The maximum absolute atomic E-state index is 10.0. The maximum atomic E-state index is 10.0. The Balaban J connectivity index is 1.78. The lowest BCUT2D eigenvalue weighted by Gasteiger charge is -2.13. The number of aliphatic hydroxyl groups is 1. The van der Waals surface area contributed by atoms with Crippen molar-refractivity contribution in [1.29, 1.82) is 0 Å². The molecule has 0 aromatic heterocycles. The van der Waals surface area contributed by atoms with Gasteiger partial charge in [-0.15, -0.1) is 0 Å². The highest BCUT2D eigenvalue weighted by atomic mass is 16.3. The van der Waals surface area contributed by atoms with Crippen molar-refractivity contribution in [1.82, 2.24) is 0 Å². The topological polar surface area (TPSA) is 20.2 Å². The zero-order chi connectivity index (χ0) is 10.9. The lowest BCUT2D eigenvalue weighted by atomic mass is 9.96. The van der Waals surface area contributed by atoms with E-state index < -0.39 is 0 Å². The van der Waals surface area contributed by atoms with Gasteiger partial charge >= 0.3 is 0 Å². The molecule has 2 saturated carbocycles. The molecule has 1 unspecified atom stereocenters. The third kappa shape index (κ3) is 1.75. The molecule has 2 rings (SSSR count). The van der Waals surface area contributed by atoms with Crippen LogP contribution in [0.4, 0.5) is 0 Å². The van der Waals surface area contributed by atoms with E-state index in [1.165, 1.54) is 50.5 Å². The fourth-order valence-electron chi connectivity index (χ4n) is 3.54. The largest absolute Gasteiger partial charge is 0.392 e. The Morgan fingerprint density at radius 2 is 2.20 bits per heavy atom. The highest BCUT2D eigenvalue weighted by Crippen LogP contribution is 2.68. The summed E-state index contributed by atoms with van der Waals surface area (Å²) in [5.74, 6) is 0.659. The minimum atomic E-state index is -0.0684. The van der Waals surface area contributed by atoms with Crippen LogP contribution in [0.25, 0.3) is 0 Å². The first-order valence-corrected chi connectivity index (χ1v) is 6.60. The second-order valence-electron chi connectivity index (χ2n) is 5.38. The van der Waals surface area contributed by atoms with Crippen LogP contribution in [0.2, 0.25) is 0 Å². The van der Waals surface area contributed by atoms with Gasteiger partial charge in [0.05, 0.1) is 6.10 Å². The molecule has 1 heteroatoms. The molecule has 1 nitrogen and oxygen atoms in total. The average molecular weight is 208 g/mol. The van der Waals surface area contributed by atoms with E-state index in [4.69, 9.17) is 0 Å². The molecule has 0 radical (unpaired) electrons. The molecule has 2 fully saturated rings. The second-order valence-corrected chi connectivity index (χ2v) is 5.38. The van der Waals surface area contributed by atoms with Crippen molar-refractivity contribution in [3.63, 3.8) is 0 Å². The van der Waals surface area contributed by atoms with E-state index in [0.29, 0.717) is 5.92 Å². The molecular weight excluding hydrogens is 184 g/mol. The molecule has 0 aromatic carbocycles. The molecule has 0 amide bonds. The summed E-state index contributed by atoms with van der Waals surface area (Å²) in [6, 6.07) is 0. The number of rotatable bonds is 5. The minimum Gasteiger partial charge on any atom is -0.392 e. The summed E-state index contributed by atoms with van der Waals surface area (Å²) in [6.45, 7) is 6.42. The van der Waals surface area contributed by atoms with Crippen LogP contribution in [0.15, 0.2) is 12.2 Å². The van der Waals surface area contributed by atoms with Gasteiger partial charge in [0.1, 0.15) is 0 Å². The predicted octanol–water partition coefficient (Wildman–Crippen LogP) is 3.67. The quantitative estimate of drug-likeness (QED) is 0.540. The Kier molecular flexibility index (Phi) is 3.20. The van der Waals surface area contributed by atoms with Gasteiger partial charge in [0.2, 0.25) is 0 Å². The summed E-state index contributed by atoms with van der Waals surface area (Å²) in [6.07, 6.45) is 9.95. The summed E-state index contributed by atoms with van der Waals surface area (Å²) >= 11 is 0. The van der Waals surface area contributed by atoms with Crippen molar-refractivity contribution in [3.05, 3.63) is 12.2 Å². The maximum Gasteiger partial charge on any atom is 0.0639 e. The summed E-state index contributed by atoms with van der Waals surface area (Å²) in [5.41, 5.74) is 1.55. The smallest absolute Gasteiger partial charge is 0.0639 e. The zero-order valence-corrected chi connectivity index (χ0v) is 9.97. The molecule has 3 atom stereocenters. The van der Waals surface area contributed by atoms with Gasteiger partial charge in [-0.25, -0.2) is 0 Å². The summed E-state index contributed by atoms with van der Waals surface area (Å²) in [5, 5.41) is 10.0. The van der Waals surface area contributed by atoms with Gasteiger partial charge in [0.25, 0.3) is 0 Å². The summed E-state index contributed by atoms with van der Waals surface area (Å²) < 4.78 is 0. The Morgan fingerprint density at radius 3 is 2.80 bits per heavy atom. The van der Waals surface area contributed by atoms with Crippen molar-refractivity contribution < 1.29 is 5.11 Å². The predicted molar refractivity (Wildman–Crippen MR) is 63.7 cm³/mol. The number of aliphatic hydroxyl groups excluding tert-OH is 1. The summed E-state index contributed by atoms with van der Waals surface area (Å²) in [4.78, 5) is 0. The van der Waals surface area contributed by atoms with Gasteiger partial charge in [0, 0.05) is 5.41 Å². The van der Waals surface area contributed by atoms with Gasteiger partial charge in [-0.3, -0.25) is 0 Å². The fourth-order valence-corrected chi connectivity index (χ4v) is 3.54. The van der Waals surface area contributed by atoms with Crippen LogP contribution >= 0.6 is 0 Å². The molecule has 2 aliphatic rings. The standard InChI is InChI=1S/C14H24O/c1-3-4-5-6-8-12-11(2)14(12)10-7-9-13(14)15/h12-13,15H,2-10H2,1H3/t12?,13-,14-/m1/s1. The third-order valence-electron chi connectivity index (χ3n) is 4.57. The SMILES string of the molecule is C=C1C(CCCCCC)[C@@]12CCC[C@H]2O. The molecule has 0 heterocycles. The third-order valence-corrected chi connectivity index (χ3v) is 4.57. The molecule has 0 aliphatic heterocycles. The molecular formula is C14H24O. The van der Waals surface area contributed by atoms with Crippen LogP contribution in [0.5, 0.6) is 0 Å². The first-order valence-electron chi connectivity index (χ1n) is 6.60. The van der Waals surface area contributed by atoms with Gasteiger partial charge < -0.3 is 5.11 Å². The van der Waals surface area contributed by atoms with E-state index in [2.05, 4.69) is 13.5 Å². The number of hydrogen-bond acceptors (Lipinski definition) is 1. The van der Waals surface area contributed by atoms with Crippen LogP contribution in [0, 0.1) is 11.3 Å². The Bertz CT molecular complexity index is 246. The van der Waals surface area contributed by atoms with Gasteiger partial charge in [-0.05, 0) is 31.6 Å². The van der Waals surface area contributed by atoms with Crippen LogP contribution in [-0.4, -0.2) is 11.2 Å². The van der Waals surface area contributed by atoms with Crippen molar-refractivity contribution in [2.75, 3.05) is 0 Å². The van der Waals surface area contributed by atoms with Gasteiger partial charge in [0.15, 0.2) is 0 Å². The van der Waals surface area contributed by atoms with Crippen molar-refractivity contribution >= 4 is 0 Å². The van der Waals surface area contributed by atoms with Crippen LogP contribution in [0.1, 0.15) is 58.3 Å². The Morgan fingerprint density at radius 1 is 1.40 bits per heavy atom. The fraction of sp³-hybridized carbons (Fsp3) is 0.857. The molecule has 1 spiro atoms. The minimum absolute atomic E-state index is 0.0684. The molecule has 0 aromatic rings. The van der Waals surface area contributed by atoms with E-state index in [1.807, 2.05) is 0 Å². The second kappa shape index (κ2) is 4.29. The van der Waals surface area contributed by atoms with Crippen LogP contribution in [0.3, 0.4) is 0 Å². The van der Waals surface area contributed by atoms with Gasteiger partial charge in [-0.1, -0.05) is 44.8 Å². The highest BCUT2D eigenvalue weighted by Gasteiger charge is 2.63. The van der Waals surface area contributed by atoms with Crippen LogP contribution < -0.4 is 0 Å². The first kappa shape index (κ1) is 11.2.